The Morgan fingerprint density at radius 1 is 1.29 bits per heavy atom. The minimum atomic E-state index is -3.40. The lowest BCUT2D eigenvalue weighted by atomic mass is 10.2. The smallest absolute Gasteiger partial charge is 0.177 e. The highest BCUT2D eigenvalue weighted by Crippen LogP contribution is 2.04. The second kappa shape index (κ2) is 4.39. The van der Waals surface area contributed by atoms with E-state index >= 15 is 0 Å². The zero-order valence-corrected chi connectivity index (χ0v) is 8.61. The summed E-state index contributed by atoms with van der Waals surface area (Å²) in [5.41, 5.74) is -0.571. The van der Waals surface area contributed by atoms with Crippen molar-refractivity contribution in [1.29, 1.82) is 0 Å². The van der Waals surface area contributed by atoms with E-state index in [2.05, 4.69) is 0 Å². The van der Waals surface area contributed by atoms with Crippen LogP contribution in [0.3, 0.4) is 0 Å². The first-order valence-electron chi connectivity index (χ1n) is 4.10. The molecule has 0 spiro atoms. The number of sulfone groups is 1. The number of hydrogen-bond acceptors (Lipinski definition) is 3. The van der Waals surface area contributed by atoms with E-state index in [4.69, 9.17) is 0 Å². The molecule has 0 aliphatic carbocycles. The molecule has 0 bridgehead atoms. The van der Waals surface area contributed by atoms with Crippen molar-refractivity contribution >= 4 is 15.9 Å². The Labute approximate surface area is 83.6 Å². The Balaban J connectivity index is 2.75. The van der Waals surface area contributed by atoms with Crippen LogP contribution in [-0.4, -0.2) is 25.2 Å². The van der Waals surface area contributed by atoms with Crippen LogP contribution in [0.25, 0.3) is 6.08 Å². The summed E-state index contributed by atoms with van der Waals surface area (Å²) in [5.74, 6) is 0. The Bertz CT molecular complexity index is 406. The summed E-state index contributed by atoms with van der Waals surface area (Å²) in [7, 11) is -3.40. The lowest BCUT2D eigenvalue weighted by Crippen LogP contribution is -2.15. The van der Waals surface area contributed by atoms with E-state index in [0.29, 0.717) is 0 Å². The third-order valence-corrected chi connectivity index (χ3v) is 2.73. The van der Waals surface area contributed by atoms with Crippen molar-refractivity contribution in [3.63, 3.8) is 0 Å². The van der Waals surface area contributed by atoms with Crippen molar-refractivity contribution in [2.24, 2.45) is 0 Å². The predicted octanol–water partition coefficient (Wildman–Crippen LogP) is 1.06. The fourth-order valence-electron chi connectivity index (χ4n) is 0.900. The maximum absolute atomic E-state index is 10.9. The third kappa shape index (κ3) is 3.32. The monoisotopic (exact) mass is 212 g/mol. The van der Waals surface area contributed by atoms with Crippen LogP contribution in [0, 0.1) is 0 Å². The molecule has 0 amide bonds. The highest BCUT2D eigenvalue weighted by molar-refractivity contribution is 7.91. The Kier molecular flexibility index (Phi) is 3.43. The van der Waals surface area contributed by atoms with Gasteiger partial charge in [0.05, 0.1) is 0 Å². The molecular formula is C10H12O3S. The molecule has 0 radical (unpaired) electrons. The summed E-state index contributed by atoms with van der Waals surface area (Å²) in [6.07, 6.45) is 3.82. The first-order valence-corrected chi connectivity index (χ1v) is 6.06. The van der Waals surface area contributed by atoms with E-state index in [0.717, 1.165) is 11.8 Å². The van der Waals surface area contributed by atoms with Gasteiger partial charge in [-0.25, -0.2) is 8.42 Å². The van der Waals surface area contributed by atoms with Crippen LogP contribution >= 0.6 is 0 Å². The molecule has 3 nitrogen and oxygen atoms in total. The van der Waals surface area contributed by atoms with E-state index in [-0.39, 0.29) is 0 Å². The van der Waals surface area contributed by atoms with Crippen molar-refractivity contribution < 1.29 is 13.5 Å². The number of hydrogen-bond donors (Lipinski definition) is 1. The molecule has 0 saturated heterocycles. The third-order valence-electron chi connectivity index (χ3n) is 1.69. The second-order valence-electron chi connectivity index (χ2n) is 2.99. The summed E-state index contributed by atoms with van der Waals surface area (Å²) in [5, 5.41) is 9.17. The average molecular weight is 212 g/mol. The van der Waals surface area contributed by atoms with Gasteiger partial charge in [0.15, 0.2) is 15.3 Å². The van der Waals surface area contributed by atoms with Crippen LogP contribution in [0.15, 0.2) is 36.4 Å². The van der Waals surface area contributed by atoms with Gasteiger partial charge in [-0.15, -0.1) is 0 Å². The maximum Gasteiger partial charge on any atom is 0.177 e. The van der Waals surface area contributed by atoms with Gasteiger partial charge in [0.1, 0.15) is 0 Å². The van der Waals surface area contributed by atoms with Gasteiger partial charge in [0.2, 0.25) is 0 Å². The first-order chi connectivity index (χ1) is 6.50. The van der Waals surface area contributed by atoms with Gasteiger partial charge >= 0.3 is 0 Å². The SMILES string of the molecule is CS(=O)(=O)C(O)C=Cc1ccccc1. The molecule has 0 aliphatic heterocycles. The molecule has 1 N–H and O–H groups in total. The van der Waals surface area contributed by atoms with Crippen molar-refractivity contribution in [3.05, 3.63) is 42.0 Å². The summed E-state index contributed by atoms with van der Waals surface area (Å²) >= 11 is 0. The van der Waals surface area contributed by atoms with Gasteiger partial charge in [-0.3, -0.25) is 0 Å². The normalized spacial score (nSPS) is 14.4. The van der Waals surface area contributed by atoms with Gasteiger partial charge in [-0.05, 0) is 11.6 Å². The van der Waals surface area contributed by atoms with Crippen molar-refractivity contribution in [3.8, 4) is 0 Å². The maximum atomic E-state index is 10.9. The molecule has 0 aliphatic rings. The van der Waals surface area contributed by atoms with Crippen molar-refractivity contribution in [2.45, 2.75) is 5.44 Å². The minimum absolute atomic E-state index is 0.857. The van der Waals surface area contributed by atoms with Crippen LogP contribution in [0.2, 0.25) is 0 Å². The quantitative estimate of drug-likeness (QED) is 0.815. The van der Waals surface area contributed by atoms with Crippen molar-refractivity contribution in [1.82, 2.24) is 0 Å². The molecule has 4 heteroatoms. The van der Waals surface area contributed by atoms with Gasteiger partial charge in [-0.1, -0.05) is 36.4 Å². The Morgan fingerprint density at radius 2 is 1.86 bits per heavy atom. The van der Waals surface area contributed by atoms with Crippen LogP contribution in [0.1, 0.15) is 5.56 Å². The molecule has 1 unspecified atom stereocenters. The number of aliphatic hydroxyl groups excluding tert-OH is 1. The lowest BCUT2D eigenvalue weighted by molar-refractivity contribution is 0.296. The zero-order valence-electron chi connectivity index (χ0n) is 7.79. The fourth-order valence-corrected chi connectivity index (χ4v) is 1.26. The molecule has 0 saturated carbocycles. The molecular weight excluding hydrogens is 200 g/mol. The largest absolute Gasteiger partial charge is 0.374 e. The molecule has 1 aromatic rings. The summed E-state index contributed by atoms with van der Waals surface area (Å²) in [4.78, 5) is 0. The second-order valence-corrected chi connectivity index (χ2v) is 5.13. The predicted molar refractivity (Wildman–Crippen MR) is 56.3 cm³/mol. The van der Waals surface area contributed by atoms with Crippen LogP contribution < -0.4 is 0 Å². The van der Waals surface area contributed by atoms with E-state index in [1.54, 1.807) is 6.08 Å². The highest BCUT2D eigenvalue weighted by Gasteiger charge is 2.11. The summed E-state index contributed by atoms with van der Waals surface area (Å²) < 4.78 is 21.7. The Morgan fingerprint density at radius 3 is 2.36 bits per heavy atom. The molecule has 0 aromatic heterocycles. The zero-order chi connectivity index (χ0) is 10.6. The van der Waals surface area contributed by atoms with Gasteiger partial charge in [0.25, 0.3) is 0 Å². The van der Waals surface area contributed by atoms with Crippen LogP contribution in [0.5, 0.6) is 0 Å². The topological polar surface area (TPSA) is 54.4 Å². The van der Waals surface area contributed by atoms with Crippen LogP contribution in [0.4, 0.5) is 0 Å². The first kappa shape index (κ1) is 10.9. The molecule has 76 valence electrons. The fraction of sp³-hybridized carbons (Fsp3) is 0.200. The van der Waals surface area contributed by atoms with Gasteiger partial charge < -0.3 is 5.11 Å². The standard InChI is InChI=1S/C10H12O3S/c1-14(12,13)10(11)8-7-9-5-3-2-4-6-9/h2-8,10-11H,1H3. The molecule has 0 heterocycles. The number of benzene rings is 1. The van der Waals surface area contributed by atoms with E-state index in [1.165, 1.54) is 6.08 Å². The molecule has 1 rings (SSSR count). The molecule has 0 fully saturated rings. The Hall–Kier alpha value is -1.13. The molecule has 1 aromatic carbocycles. The van der Waals surface area contributed by atoms with E-state index < -0.39 is 15.3 Å². The summed E-state index contributed by atoms with van der Waals surface area (Å²) in [6, 6.07) is 9.19. The number of rotatable bonds is 3. The van der Waals surface area contributed by atoms with Gasteiger partial charge in [-0.2, -0.15) is 0 Å². The molecule has 14 heavy (non-hydrogen) atoms. The highest BCUT2D eigenvalue weighted by atomic mass is 32.2. The van der Waals surface area contributed by atoms with E-state index in [9.17, 15) is 13.5 Å². The number of aliphatic hydroxyl groups is 1. The average Bonchev–Trinajstić information content (AvgIpc) is 2.14. The minimum Gasteiger partial charge on any atom is -0.374 e. The van der Waals surface area contributed by atoms with Crippen molar-refractivity contribution in [2.75, 3.05) is 6.26 Å². The lowest BCUT2D eigenvalue weighted by Gasteiger charge is -2.00. The summed E-state index contributed by atoms with van der Waals surface area (Å²) in [6.45, 7) is 0. The van der Waals surface area contributed by atoms with E-state index in [1.807, 2.05) is 30.3 Å². The van der Waals surface area contributed by atoms with Gasteiger partial charge in [0, 0.05) is 6.26 Å². The van der Waals surface area contributed by atoms with Crippen LogP contribution in [-0.2, 0) is 9.84 Å². The molecule has 1 atom stereocenters.